The minimum atomic E-state index is -3.95. The number of anilines is 1. The Morgan fingerprint density at radius 1 is 1.04 bits per heavy atom. The third-order valence-electron chi connectivity index (χ3n) is 3.87. The van der Waals surface area contributed by atoms with Gasteiger partial charge in [0.2, 0.25) is 0 Å². The molecule has 2 rings (SSSR count). The lowest BCUT2D eigenvalue weighted by Crippen LogP contribution is -2.37. The summed E-state index contributed by atoms with van der Waals surface area (Å²) in [5, 5.41) is 0. The van der Waals surface area contributed by atoms with E-state index < -0.39 is 16.0 Å². The maximum absolute atomic E-state index is 13.2. The second-order valence-electron chi connectivity index (χ2n) is 5.47. The van der Waals surface area contributed by atoms with Crippen molar-refractivity contribution in [2.24, 2.45) is 0 Å². The van der Waals surface area contributed by atoms with E-state index in [1.165, 1.54) is 19.2 Å². The lowest BCUT2D eigenvalue weighted by molar-refractivity contribution is -0.141. The normalized spacial score (nSPS) is 11.0. The van der Waals surface area contributed by atoms with Crippen LogP contribution in [0.1, 0.15) is 19.4 Å². The van der Waals surface area contributed by atoms with Gasteiger partial charge in [-0.05, 0) is 49.2 Å². The molecule has 0 spiro atoms. The van der Waals surface area contributed by atoms with Gasteiger partial charge in [-0.2, -0.15) is 0 Å². The smallest absolute Gasteiger partial charge is 0.326 e. The molecule has 0 amide bonds. The number of nitrogens with zero attached hydrogens (tertiary/aromatic N) is 1. The molecular formula is C19H23NO5S. The summed E-state index contributed by atoms with van der Waals surface area (Å²) in [5.74, 6) is -0.0506. The van der Waals surface area contributed by atoms with Gasteiger partial charge in [0.1, 0.15) is 12.3 Å². The number of methoxy groups -OCH3 is 1. The predicted molar refractivity (Wildman–Crippen MR) is 100.0 cm³/mol. The summed E-state index contributed by atoms with van der Waals surface area (Å²) in [5.41, 5.74) is 1.30. The maximum Gasteiger partial charge on any atom is 0.326 e. The zero-order valence-corrected chi connectivity index (χ0v) is 16.0. The van der Waals surface area contributed by atoms with Crippen molar-refractivity contribution in [3.63, 3.8) is 0 Å². The number of hydrogen-bond acceptors (Lipinski definition) is 5. The zero-order valence-electron chi connectivity index (χ0n) is 15.1. The standard InChI is InChI=1S/C19H23NO5S/c1-4-15-8-6-7-9-18(15)20(14-19(21)25-5-2)26(22,23)17-12-10-16(24-3)11-13-17/h6-13H,4-5,14H2,1-3H3. The Kier molecular flexibility index (Phi) is 6.63. The van der Waals surface area contributed by atoms with Gasteiger partial charge in [-0.25, -0.2) is 8.42 Å². The van der Waals surface area contributed by atoms with Gasteiger partial charge in [-0.3, -0.25) is 9.10 Å². The number of rotatable bonds is 8. The molecule has 0 aliphatic carbocycles. The number of sulfonamides is 1. The molecule has 0 atom stereocenters. The molecule has 0 aliphatic rings. The summed E-state index contributed by atoms with van der Waals surface area (Å²) in [4.78, 5) is 12.1. The van der Waals surface area contributed by atoms with Gasteiger partial charge < -0.3 is 9.47 Å². The first-order valence-electron chi connectivity index (χ1n) is 8.34. The highest BCUT2D eigenvalue weighted by Crippen LogP contribution is 2.28. The molecule has 2 aromatic carbocycles. The number of carbonyl (C=O) groups excluding carboxylic acids is 1. The number of benzene rings is 2. The van der Waals surface area contributed by atoms with E-state index in [2.05, 4.69) is 0 Å². The van der Waals surface area contributed by atoms with E-state index >= 15 is 0 Å². The summed E-state index contributed by atoms with van der Waals surface area (Å²) in [7, 11) is -2.44. The average molecular weight is 377 g/mol. The summed E-state index contributed by atoms with van der Waals surface area (Å²) >= 11 is 0. The van der Waals surface area contributed by atoms with Crippen molar-refractivity contribution in [2.45, 2.75) is 25.2 Å². The van der Waals surface area contributed by atoms with E-state index in [9.17, 15) is 13.2 Å². The third kappa shape index (κ3) is 4.35. The second kappa shape index (κ2) is 8.71. The minimum Gasteiger partial charge on any atom is -0.497 e. The van der Waals surface area contributed by atoms with Gasteiger partial charge in [0.15, 0.2) is 0 Å². The van der Waals surface area contributed by atoms with E-state index in [0.717, 1.165) is 9.87 Å². The Hall–Kier alpha value is -2.54. The van der Waals surface area contributed by atoms with Gasteiger partial charge >= 0.3 is 5.97 Å². The summed E-state index contributed by atoms with van der Waals surface area (Å²) in [6.07, 6.45) is 0.633. The van der Waals surface area contributed by atoms with Gasteiger partial charge in [0.05, 0.1) is 24.3 Å². The molecule has 140 valence electrons. The molecule has 0 unspecified atom stereocenters. The molecule has 0 bridgehead atoms. The van der Waals surface area contributed by atoms with Crippen molar-refractivity contribution >= 4 is 21.7 Å². The number of ether oxygens (including phenoxy) is 2. The summed E-state index contributed by atoms with van der Waals surface area (Å²) < 4.78 is 37.6. The van der Waals surface area contributed by atoms with Crippen LogP contribution in [0.3, 0.4) is 0 Å². The summed E-state index contributed by atoms with van der Waals surface area (Å²) in [6.45, 7) is 3.41. The molecule has 0 radical (unpaired) electrons. The van der Waals surface area contributed by atoms with Crippen LogP contribution < -0.4 is 9.04 Å². The Balaban J connectivity index is 2.52. The Labute approximate surface area is 154 Å². The van der Waals surface area contributed by atoms with Crippen molar-refractivity contribution < 1.29 is 22.7 Å². The molecule has 6 nitrogen and oxygen atoms in total. The molecule has 0 fully saturated rings. The molecule has 0 saturated carbocycles. The number of hydrogen-bond donors (Lipinski definition) is 0. The number of carbonyl (C=O) groups is 1. The van der Waals surface area contributed by atoms with Crippen molar-refractivity contribution in [3.05, 3.63) is 54.1 Å². The Morgan fingerprint density at radius 3 is 2.27 bits per heavy atom. The predicted octanol–water partition coefficient (Wildman–Crippen LogP) is 3.02. The fourth-order valence-corrected chi connectivity index (χ4v) is 4.00. The van der Waals surface area contributed by atoms with Crippen LogP contribution in [0, 0.1) is 0 Å². The SMILES string of the molecule is CCOC(=O)CN(c1ccccc1CC)S(=O)(=O)c1ccc(OC)cc1. The van der Waals surface area contributed by atoms with Gasteiger partial charge in [-0.1, -0.05) is 25.1 Å². The first-order valence-corrected chi connectivity index (χ1v) is 9.78. The molecule has 0 N–H and O–H groups in total. The van der Waals surface area contributed by atoms with Crippen molar-refractivity contribution in [2.75, 3.05) is 24.6 Å². The average Bonchev–Trinajstić information content (AvgIpc) is 2.66. The molecule has 26 heavy (non-hydrogen) atoms. The van der Waals surface area contributed by atoms with Crippen LogP contribution in [0.15, 0.2) is 53.4 Å². The van der Waals surface area contributed by atoms with Crippen LogP contribution in [0.25, 0.3) is 0 Å². The van der Waals surface area contributed by atoms with Crippen LogP contribution in [-0.2, 0) is 26.0 Å². The van der Waals surface area contributed by atoms with Crippen molar-refractivity contribution in [1.29, 1.82) is 0 Å². The third-order valence-corrected chi connectivity index (χ3v) is 5.64. The zero-order chi connectivity index (χ0) is 19.2. The topological polar surface area (TPSA) is 72.9 Å². The van der Waals surface area contributed by atoms with Gasteiger partial charge in [0, 0.05) is 0 Å². The van der Waals surface area contributed by atoms with Crippen LogP contribution in [-0.4, -0.2) is 34.6 Å². The van der Waals surface area contributed by atoms with E-state index in [4.69, 9.17) is 9.47 Å². The fraction of sp³-hybridized carbons (Fsp3) is 0.316. The Morgan fingerprint density at radius 2 is 1.69 bits per heavy atom. The molecule has 0 heterocycles. The molecular weight excluding hydrogens is 354 g/mol. The highest BCUT2D eigenvalue weighted by atomic mass is 32.2. The van der Waals surface area contributed by atoms with E-state index in [0.29, 0.717) is 17.9 Å². The van der Waals surface area contributed by atoms with Crippen molar-refractivity contribution in [3.8, 4) is 5.75 Å². The lowest BCUT2D eigenvalue weighted by atomic mass is 10.1. The molecule has 0 saturated heterocycles. The second-order valence-corrected chi connectivity index (χ2v) is 7.34. The minimum absolute atomic E-state index is 0.0773. The van der Waals surface area contributed by atoms with Crippen LogP contribution in [0.4, 0.5) is 5.69 Å². The highest BCUT2D eigenvalue weighted by molar-refractivity contribution is 7.92. The molecule has 0 aromatic heterocycles. The monoisotopic (exact) mass is 377 g/mol. The van der Waals surface area contributed by atoms with Crippen LogP contribution >= 0.6 is 0 Å². The summed E-state index contributed by atoms with van der Waals surface area (Å²) in [6, 6.07) is 13.2. The molecule has 2 aromatic rings. The number of para-hydroxylation sites is 1. The van der Waals surface area contributed by atoms with Gasteiger partial charge in [0.25, 0.3) is 10.0 Å². The largest absolute Gasteiger partial charge is 0.497 e. The maximum atomic E-state index is 13.2. The Bertz CT molecular complexity index is 846. The quantitative estimate of drug-likeness (QED) is 0.661. The van der Waals surface area contributed by atoms with Crippen molar-refractivity contribution in [1.82, 2.24) is 0 Å². The first-order chi connectivity index (χ1) is 12.4. The molecule has 7 heteroatoms. The first kappa shape index (κ1) is 19.8. The van der Waals surface area contributed by atoms with E-state index in [1.807, 2.05) is 19.1 Å². The van der Waals surface area contributed by atoms with Crippen LogP contribution in [0.2, 0.25) is 0 Å². The van der Waals surface area contributed by atoms with E-state index in [1.54, 1.807) is 31.2 Å². The molecule has 0 aliphatic heterocycles. The van der Waals surface area contributed by atoms with Crippen LogP contribution in [0.5, 0.6) is 5.75 Å². The lowest BCUT2D eigenvalue weighted by Gasteiger charge is -2.25. The fourth-order valence-electron chi connectivity index (χ4n) is 2.55. The van der Waals surface area contributed by atoms with Gasteiger partial charge in [-0.15, -0.1) is 0 Å². The highest BCUT2D eigenvalue weighted by Gasteiger charge is 2.29. The number of aryl methyl sites for hydroxylation is 1. The number of esters is 1. The van der Waals surface area contributed by atoms with E-state index in [-0.39, 0.29) is 18.0 Å².